The number of aromatic nitrogens is 3. The number of rotatable bonds is 4. The predicted molar refractivity (Wildman–Crippen MR) is 78.7 cm³/mol. The molecule has 6 heteroatoms. The van der Waals surface area contributed by atoms with Gasteiger partial charge in [0, 0.05) is 19.0 Å². The van der Waals surface area contributed by atoms with E-state index in [4.69, 9.17) is 0 Å². The molecule has 0 spiro atoms. The molecule has 1 amide bonds. The van der Waals surface area contributed by atoms with Crippen LogP contribution in [-0.2, 0) is 17.8 Å². The zero-order valence-electron chi connectivity index (χ0n) is 11.8. The zero-order valence-corrected chi connectivity index (χ0v) is 12.6. The number of thioether (sulfide) groups is 1. The molecule has 1 fully saturated rings. The Morgan fingerprint density at radius 3 is 2.90 bits per heavy atom. The molecule has 0 radical (unpaired) electrons. The summed E-state index contributed by atoms with van der Waals surface area (Å²) in [6.07, 6.45) is 9.42. The Kier molecular flexibility index (Phi) is 4.60. The lowest BCUT2D eigenvalue weighted by Gasteiger charge is -2.11. The van der Waals surface area contributed by atoms with Crippen LogP contribution in [0.2, 0.25) is 0 Å². The van der Waals surface area contributed by atoms with Gasteiger partial charge < -0.3 is 9.88 Å². The van der Waals surface area contributed by atoms with Gasteiger partial charge in [0.2, 0.25) is 5.91 Å². The van der Waals surface area contributed by atoms with Gasteiger partial charge in [-0.15, -0.1) is 10.2 Å². The monoisotopic (exact) mass is 294 g/mol. The molecule has 2 aliphatic rings. The van der Waals surface area contributed by atoms with E-state index in [1.54, 1.807) is 0 Å². The van der Waals surface area contributed by atoms with Crippen molar-refractivity contribution in [2.75, 3.05) is 5.75 Å². The van der Waals surface area contributed by atoms with Gasteiger partial charge in [0.1, 0.15) is 5.82 Å². The van der Waals surface area contributed by atoms with Crippen LogP contribution in [0.3, 0.4) is 0 Å². The van der Waals surface area contributed by atoms with Gasteiger partial charge in [-0.1, -0.05) is 31.0 Å². The summed E-state index contributed by atoms with van der Waals surface area (Å²) in [6, 6.07) is 0.401. The summed E-state index contributed by atoms with van der Waals surface area (Å²) in [5.74, 6) is 1.67. The minimum atomic E-state index is 0.132. The van der Waals surface area contributed by atoms with Crippen LogP contribution in [0.5, 0.6) is 0 Å². The lowest BCUT2D eigenvalue weighted by Crippen LogP contribution is -2.33. The minimum Gasteiger partial charge on any atom is -0.353 e. The molecule has 0 bridgehead atoms. The maximum absolute atomic E-state index is 11.9. The van der Waals surface area contributed by atoms with Crippen molar-refractivity contribution in [2.45, 2.75) is 69.1 Å². The second-order valence-electron chi connectivity index (χ2n) is 5.70. The van der Waals surface area contributed by atoms with Crippen molar-refractivity contribution in [3.8, 4) is 0 Å². The Balaban J connectivity index is 1.53. The number of carbonyl (C=O) groups excluding carboxylic acids is 1. The number of aryl methyl sites for hydroxylation is 1. The summed E-state index contributed by atoms with van der Waals surface area (Å²) in [5.41, 5.74) is 0. The predicted octanol–water partition coefficient (Wildman–Crippen LogP) is 2.16. The Bertz CT molecular complexity index is 468. The number of hydrogen-bond acceptors (Lipinski definition) is 4. The maximum Gasteiger partial charge on any atom is 0.230 e. The Morgan fingerprint density at radius 2 is 2.05 bits per heavy atom. The van der Waals surface area contributed by atoms with E-state index in [0.717, 1.165) is 36.8 Å². The molecular weight excluding hydrogens is 272 g/mol. The van der Waals surface area contributed by atoms with Gasteiger partial charge in [0.05, 0.1) is 5.75 Å². The topological polar surface area (TPSA) is 59.8 Å². The van der Waals surface area contributed by atoms with E-state index in [1.807, 2.05) is 0 Å². The number of carbonyl (C=O) groups is 1. The van der Waals surface area contributed by atoms with E-state index in [-0.39, 0.29) is 5.91 Å². The molecule has 1 aromatic rings. The summed E-state index contributed by atoms with van der Waals surface area (Å²) in [4.78, 5) is 11.9. The molecule has 5 nitrogen and oxygen atoms in total. The summed E-state index contributed by atoms with van der Waals surface area (Å²) >= 11 is 1.52. The first-order valence-corrected chi connectivity index (χ1v) is 8.66. The highest BCUT2D eigenvalue weighted by Crippen LogP contribution is 2.22. The first-order chi connectivity index (χ1) is 9.83. The third-order valence-corrected chi connectivity index (χ3v) is 5.09. The van der Waals surface area contributed by atoms with Crippen molar-refractivity contribution in [3.63, 3.8) is 0 Å². The minimum absolute atomic E-state index is 0.132. The first-order valence-electron chi connectivity index (χ1n) is 7.67. The normalized spacial score (nSPS) is 19.6. The zero-order chi connectivity index (χ0) is 13.8. The molecule has 2 heterocycles. The number of fused-ring (bicyclic) bond motifs is 1. The fraction of sp³-hybridized carbons (Fsp3) is 0.786. The van der Waals surface area contributed by atoms with Crippen LogP contribution in [0.1, 0.15) is 50.8 Å². The van der Waals surface area contributed by atoms with Crippen LogP contribution in [0, 0.1) is 0 Å². The third kappa shape index (κ3) is 3.34. The molecule has 0 unspecified atom stereocenters. The molecule has 110 valence electrons. The van der Waals surface area contributed by atoms with Gasteiger partial charge in [-0.25, -0.2) is 0 Å². The molecule has 0 aromatic carbocycles. The summed E-state index contributed by atoms with van der Waals surface area (Å²) < 4.78 is 2.19. The second kappa shape index (κ2) is 6.61. The molecule has 0 saturated heterocycles. The van der Waals surface area contributed by atoms with Crippen LogP contribution < -0.4 is 5.32 Å². The fourth-order valence-corrected chi connectivity index (χ4v) is 3.83. The largest absolute Gasteiger partial charge is 0.353 e. The maximum atomic E-state index is 11.9. The van der Waals surface area contributed by atoms with Crippen molar-refractivity contribution in [2.24, 2.45) is 0 Å². The number of amides is 1. The van der Waals surface area contributed by atoms with Gasteiger partial charge in [-0.2, -0.15) is 0 Å². The van der Waals surface area contributed by atoms with Gasteiger partial charge in [-0.05, 0) is 25.7 Å². The molecule has 1 aliphatic carbocycles. The van der Waals surface area contributed by atoms with Crippen LogP contribution in [0.4, 0.5) is 0 Å². The van der Waals surface area contributed by atoms with E-state index >= 15 is 0 Å². The van der Waals surface area contributed by atoms with Crippen LogP contribution in [-0.4, -0.2) is 32.5 Å². The Morgan fingerprint density at radius 1 is 1.20 bits per heavy atom. The number of hydrogen-bond donors (Lipinski definition) is 1. The van der Waals surface area contributed by atoms with E-state index in [0.29, 0.717) is 11.8 Å². The standard InChI is InChI=1S/C14H22N4OS/c19-13(15-11-6-3-4-7-11)10-20-14-17-16-12-8-2-1-5-9-18(12)14/h11H,1-10H2,(H,15,19). The summed E-state index contributed by atoms with van der Waals surface area (Å²) in [7, 11) is 0. The average Bonchev–Trinajstić information content (AvgIpc) is 3.02. The Hall–Kier alpha value is -1.04. The smallest absolute Gasteiger partial charge is 0.230 e. The lowest BCUT2D eigenvalue weighted by molar-refractivity contribution is -0.119. The highest BCUT2D eigenvalue weighted by molar-refractivity contribution is 7.99. The number of nitrogens with one attached hydrogen (secondary N) is 1. The summed E-state index contributed by atoms with van der Waals surface area (Å²) in [5, 5.41) is 12.5. The molecule has 1 aromatic heterocycles. The average molecular weight is 294 g/mol. The molecule has 1 aliphatic heterocycles. The van der Waals surface area contributed by atoms with E-state index < -0.39 is 0 Å². The van der Waals surface area contributed by atoms with E-state index in [1.165, 1.54) is 43.9 Å². The fourth-order valence-electron chi connectivity index (χ4n) is 3.03. The summed E-state index contributed by atoms with van der Waals surface area (Å²) in [6.45, 7) is 0.995. The molecule has 0 atom stereocenters. The van der Waals surface area contributed by atoms with E-state index in [2.05, 4.69) is 20.1 Å². The van der Waals surface area contributed by atoms with Crippen molar-refractivity contribution < 1.29 is 4.79 Å². The van der Waals surface area contributed by atoms with Gasteiger partial charge in [0.15, 0.2) is 5.16 Å². The Labute approximate surface area is 123 Å². The van der Waals surface area contributed by atoms with Crippen molar-refractivity contribution in [1.29, 1.82) is 0 Å². The van der Waals surface area contributed by atoms with Gasteiger partial charge in [0.25, 0.3) is 0 Å². The van der Waals surface area contributed by atoms with Crippen molar-refractivity contribution in [1.82, 2.24) is 20.1 Å². The second-order valence-corrected chi connectivity index (χ2v) is 6.64. The molecular formula is C14H22N4OS. The van der Waals surface area contributed by atoms with Gasteiger partial charge >= 0.3 is 0 Å². The first kappa shape index (κ1) is 13.9. The van der Waals surface area contributed by atoms with Crippen LogP contribution in [0.15, 0.2) is 5.16 Å². The van der Waals surface area contributed by atoms with Crippen LogP contribution in [0.25, 0.3) is 0 Å². The van der Waals surface area contributed by atoms with Crippen molar-refractivity contribution in [3.05, 3.63) is 5.82 Å². The SMILES string of the molecule is O=C(CSc1nnc2n1CCCCC2)NC1CCCC1. The molecule has 3 rings (SSSR count). The molecule has 1 N–H and O–H groups in total. The van der Waals surface area contributed by atoms with Crippen molar-refractivity contribution >= 4 is 17.7 Å². The highest BCUT2D eigenvalue weighted by atomic mass is 32.2. The van der Waals surface area contributed by atoms with E-state index in [9.17, 15) is 4.79 Å². The molecule has 20 heavy (non-hydrogen) atoms. The van der Waals surface area contributed by atoms with Gasteiger partial charge in [-0.3, -0.25) is 4.79 Å². The number of nitrogens with zero attached hydrogens (tertiary/aromatic N) is 3. The highest BCUT2D eigenvalue weighted by Gasteiger charge is 2.19. The third-order valence-electron chi connectivity index (χ3n) is 4.13. The van der Waals surface area contributed by atoms with Crippen LogP contribution >= 0.6 is 11.8 Å². The lowest BCUT2D eigenvalue weighted by atomic mass is 10.2. The quantitative estimate of drug-likeness (QED) is 0.865. The molecule has 1 saturated carbocycles.